The third kappa shape index (κ3) is 5.66. The van der Waals surface area contributed by atoms with Crippen molar-refractivity contribution < 1.29 is 36.2 Å². The fourth-order valence-electron chi connectivity index (χ4n) is 3.50. The maximum Gasteiger partial charge on any atom is 0.416 e. The Kier molecular flexibility index (Phi) is 6.62. The summed E-state index contributed by atoms with van der Waals surface area (Å²) in [6.45, 7) is 0.934. The van der Waals surface area contributed by atoms with Crippen molar-refractivity contribution in [1.29, 1.82) is 0 Å². The van der Waals surface area contributed by atoms with Gasteiger partial charge in [-0.25, -0.2) is 0 Å². The number of piperidine rings is 1. The summed E-state index contributed by atoms with van der Waals surface area (Å²) in [4.78, 5) is 0. The van der Waals surface area contributed by atoms with Gasteiger partial charge in [0.1, 0.15) is 12.4 Å². The predicted octanol–water partition coefficient (Wildman–Crippen LogP) is 5.26. The Hall–Kier alpha value is -2.26. The molecule has 1 aliphatic rings. The minimum atomic E-state index is -4.91. The van der Waals surface area contributed by atoms with Crippen LogP contribution in [0.15, 0.2) is 36.4 Å². The molecule has 0 saturated carbocycles. The zero-order valence-corrected chi connectivity index (χ0v) is 15.9. The van der Waals surface area contributed by atoms with Crippen molar-refractivity contribution in [2.45, 2.75) is 44.3 Å². The van der Waals surface area contributed by atoms with Gasteiger partial charge in [0.2, 0.25) is 0 Å². The molecule has 0 amide bonds. The standard InChI is InChI=1S/C21H21F6NO2/c22-20(23,24)17-5-14(6-18(9-17)21(25,26)27)12-30-19-7-13(11-29)4-16(8-19)15-2-1-3-28-10-15/h4-9,15,28-29H,1-3,10-12H2. The molecule has 0 aliphatic carbocycles. The summed E-state index contributed by atoms with van der Waals surface area (Å²) in [5.74, 6) is 0.478. The molecule has 164 valence electrons. The molecule has 9 heteroatoms. The average Bonchev–Trinajstić information content (AvgIpc) is 2.71. The number of halogens is 6. The van der Waals surface area contributed by atoms with Gasteiger partial charge in [0, 0.05) is 6.54 Å². The van der Waals surface area contributed by atoms with E-state index in [2.05, 4.69) is 5.32 Å². The van der Waals surface area contributed by atoms with Crippen LogP contribution in [0.5, 0.6) is 5.75 Å². The van der Waals surface area contributed by atoms with Crippen LogP contribution in [0.2, 0.25) is 0 Å². The number of rotatable bonds is 5. The lowest BCUT2D eigenvalue weighted by Gasteiger charge is -2.24. The fraction of sp³-hybridized carbons (Fsp3) is 0.429. The maximum absolute atomic E-state index is 13.0. The van der Waals surface area contributed by atoms with Crippen LogP contribution in [0.1, 0.15) is 46.6 Å². The molecule has 30 heavy (non-hydrogen) atoms. The molecule has 0 spiro atoms. The van der Waals surface area contributed by atoms with Crippen molar-refractivity contribution in [1.82, 2.24) is 5.32 Å². The van der Waals surface area contributed by atoms with Crippen LogP contribution in [-0.2, 0) is 25.6 Å². The van der Waals surface area contributed by atoms with Gasteiger partial charge in [0.05, 0.1) is 17.7 Å². The van der Waals surface area contributed by atoms with Crippen LogP contribution in [0.25, 0.3) is 0 Å². The van der Waals surface area contributed by atoms with Crippen molar-refractivity contribution >= 4 is 0 Å². The van der Waals surface area contributed by atoms with Crippen LogP contribution in [-0.4, -0.2) is 18.2 Å². The molecule has 2 aromatic carbocycles. The summed E-state index contributed by atoms with van der Waals surface area (Å²) in [7, 11) is 0. The average molecular weight is 433 g/mol. The number of ether oxygens (including phenoxy) is 1. The van der Waals surface area contributed by atoms with E-state index in [-0.39, 0.29) is 29.9 Å². The summed E-state index contributed by atoms with van der Waals surface area (Å²) in [5, 5.41) is 12.8. The van der Waals surface area contributed by atoms with Crippen LogP contribution < -0.4 is 10.1 Å². The second-order valence-corrected chi connectivity index (χ2v) is 7.31. The van der Waals surface area contributed by atoms with Gasteiger partial charge >= 0.3 is 12.4 Å². The molecule has 2 N–H and O–H groups in total. The van der Waals surface area contributed by atoms with Gasteiger partial charge in [-0.15, -0.1) is 0 Å². The molecule has 1 atom stereocenters. The van der Waals surface area contributed by atoms with Crippen LogP contribution in [0, 0.1) is 0 Å². The lowest BCUT2D eigenvalue weighted by molar-refractivity contribution is -0.143. The minimum absolute atomic E-state index is 0.0874. The highest BCUT2D eigenvalue weighted by atomic mass is 19.4. The van der Waals surface area contributed by atoms with E-state index in [1.165, 1.54) is 6.07 Å². The van der Waals surface area contributed by atoms with Crippen molar-refractivity contribution in [3.05, 3.63) is 64.2 Å². The van der Waals surface area contributed by atoms with E-state index in [9.17, 15) is 31.4 Å². The van der Waals surface area contributed by atoms with E-state index in [4.69, 9.17) is 4.74 Å². The summed E-state index contributed by atoms with van der Waals surface area (Å²) in [5.41, 5.74) is -1.53. The first kappa shape index (κ1) is 22.4. The van der Waals surface area contributed by atoms with E-state index in [1.54, 1.807) is 6.07 Å². The van der Waals surface area contributed by atoms with E-state index in [0.717, 1.165) is 31.5 Å². The number of hydrogen-bond acceptors (Lipinski definition) is 3. The Morgan fingerprint density at radius 1 is 0.900 bits per heavy atom. The van der Waals surface area contributed by atoms with Gasteiger partial charge in [-0.05, 0) is 72.3 Å². The van der Waals surface area contributed by atoms with Gasteiger partial charge in [-0.3, -0.25) is 0 Å². The molecule has 1 heterocycles. The van der Waals surface area contributed by atoms with E-state index >= 15 is 0 Å². The van der Waals surface area contributed by atoms with Gasteiger partial charge in [-0.2, -0.15) is 26.3 Å². The molecular formula is C21H21F6NO2. The maximum atomic E-state index is 13.0. The van der Waals surface area contributed by atoms with Gasteiger partial charge in [-0.1, -0.05) is 6.07 Å². The number of hydrogen-bond donors (Lipinski definition) is 2. The zero-order valence-electron chi connectivity index (χ0n) is 15.9. The molecule has 2 aromatic rings. The first-order chi connectivity index (χ1) is 14.1. The Labute approximate surface area is 169 Å². The Balaban J connectivity index is 1.85. The molecule has 0 bridgehead atoms. The SMILES string of the molecule is OCc1cc(OCc2cc(C(F)(F)F)cc(C(F)(F)F)c2)cc(C2CCCNC2)c1. The second-order valence-electron chi connectivity index (χ2n) is 7.31. The first-order valence-electron chi connectivity index (χ1n) is 9.43. The van der Waals surface area contributed by atoms with Gasteiger partial charge in [0.15, 0.2) is 0 Å². The number of nitrogens with one attached hydrogen (secondary N) is 1. The molecule has 1 fully saturated rings. The van der Waals surface area contributed by atoms with Gasteiger partial charge < -0.3 is 15.2 Å². The van der Waals surface area contributed by atoms with Gasteiger partial charge in [0.25, 0.3) is 0 Å². The van der Waals surface area contributed by atoms with E-state index in [1.807, 2.05) is 6.07 Å². The minimum Gasteiger partial charge on any atom is -0.489 e. The molecular weight excluding hydrogens is 412 g/mol. The molecule has 3 nitrogen and oxygen atoms in total. The van der Waals surface area contributed by atoms with Crippen LogP contribution in [0.3, 0.4) is 0 Å². The number of alkyl halides is 6. The normalized spacial score (nSPS) is 17.8. The largest absolute Gasteiger partial charge is 0.489 e. The lowest BCUT2D eigenvalue weighted by atomic mass is 9.90. The van der Waals surface area contributed by atoms with Crippen molar-refractivity contribution in [3.63, 3.8) is 0 Å². The number of benzene rings is 2. The van der Waals surface area contributed by atoms with Crippen molar-refractivity contribution in [2.24, 2.45) is 0 Å². The number of aliphatic hydroxyl groups is 1. The highest BCUT2D eigenvalue weighted by molar-refractivity contribution is 5.38. The Bertz CT molecular complexity index is 841. The molecule has 1 saturated heterocycles. The molecule has 0 aromatic heterocycles. The van der Waals surface area contributed by atoms with E-state index in [0.29, 0.717) is 17.7 Å². The van der Waals surface area contributed by atoms with Crippen LogP contribution >= 0.6 is 0 Å². The highest BCUT2D eigenvalue weighted by Gasteiger charge is 2.36. The quantitative estimate of drug-likeness (QED) is 0.632. The van der Waals surface area contributed by atoms with Crippen LogP contribution in [0.4, 0.5) is 26.3 Å². The summed E-state index contributed by atoms with van der Waals surface area (Å²) in [6.07, 6.45) is -7.90. The topological polar surface area (TPSA) is 41.5 Å². The zero-order chi connectivity index (χ0) is 21.9. The lowest BCUT2D eigenvalue weighted by Crippen LogP contribution is -2.28. The third-order valence-corrected chi connectivity index (χ3v) is 4.99. The Morgan fingerprint density at radius 3 is 2.10 bits per heavy atom. The summed E-state index contributed by atoms with van der Waals surface area (Å²) in [6, 6.07) is 6.46. The summed E-state index contributed by atoms with van der Waals surface area (Å²) >= 11 is 0. The number of aliphatic hydroxyl groups excluding tert-OH is 1. The third-order valence-electron chi connectivity index (χ3n) is 4.99. The monoisotopic (exact) mass is 433 g/mol. The fourth-order valence-corrected chi connectivity index (χ4v) is 3.50. The molecule has 0 radical (unpaired) electrons. The first-order valence-corrected chi connectivity index (χ1v) is 9.43. The predicted molar refractivity (Wildman–Crippen MR) is 98.0 cm³/mol. The van der Waals surface area contributed by atoms with Crippen molar-refractivity contribution in [2.75, 3.05) is 13.1 Å². The Morgan fingerprint density at radius 2 is 1.57 bits per heavy atom. The van der Waals surface area contributed by atoms with Crippen molar-refractivity contribution in [3.8, 4) is 5.75 Å². The smallest absolute Gasteiger partial charge is 0.416 e. The molecule has 1 unspecified atom stereocenters. The van der Waals surface area contributed by atoms with E-state index < -0.39 is 30.1 Å². The molecule has 1 aliphatic heterocycles. The highest BCUT2D eigenvalue weighted by Crippen LogP contribution is 2.36. The molecule has 3 rings (SSSR count). The summed E-state index contributed by atoms with van der Waals surface area (Å²) < 4.78 is 83.6. The second kappa shape index (κ2) is 8.85.